The van der Waals surface area contributed by atoms with E-state index in [1.54, 1.807) is 13.0 Å². The number of nitro benzene ring substituents is 1. The minimum absolute atomic E-state index is 0.101. The van der Waals surface area contributed by atoms with E-state index in [0.717, 1.165) is 23.0 Å². The summed E-state index contributed by atoms with van der Waals surface area (Å²) in [6.45, 7) is 3.19. The first kappa shape index (κ1) is 13.7. The Morgan fingerprint density at radius 3 is 2.88 bits per heavy atom. The van der Waals surface area contributed by atoms with Gasteiger partial charge in [0.15, 0.2) is 0 Å². The highest BCUT2D eigenvalue weighted by atomic mass is 79.9. The zero-order valence-electron chi connectivity index (χ0n) is 9.50. The SMILES string of the molecule is CC#CCCNCc1cc(Br)cc([N+](=O)[O-])c1. The molecule has 0 heterocycles. The molecule has 4 nitrogen and oxygen atoms in total. The van der Waals surface area contributed by atoms with Crippen LogP contribution in [0.3, 0.4) is 0 Å². The van der Waals surface area contributed by atoms with Crippen LogP contribution in [0.5, 0.6) is 0 Å². The average molecular weight is 297 g/mol. The van der Waals surface area contributed by atoms with Gasteiger partial charge in [0.25, 0.3) is 5.69 Å². The molecular formula is C12H13BrN2O2. The van der Waals surface area contributed by atoms with Crippen molar-refractivity contribution in [2.45, 2.75) is 19.9 Å². The fourth-order valence-corrected chi connectivity index (χ4v) is 1.88. The molecule has 5 heteroatoms. The molecule has 0 fully saturated rings. The molecule has 0 saturated carbocycles. The second kappa shape index (κ2) is 7.05. The van der Waals surface area contributed by atoms with Gasteiger partial charge in [-0.2, -0.15) is 0 Å². The molecule has 1 aromatic carbocycles. The number of nitrogens with zero attached hydrogens (tertiary/aromatic N) is 1. The molecule has 0 aliphatic heterocycles. The van der Waals surface area contributed by atoms with Gasteiger partial charge in [-0.1, -0.05) is 15.9 Å². The Labute approximate surface area is 109 Å². The lowest BCUT2D eigenvalue weighted by Gasteiger charge is -2.03. The number of rotatable bonds is 5. The van der Waals surface area contributed by atoms with Crippen molar-refractivity contribution >= 4 is 21.6 Å². The van der Waals surface area contributed by atoms with E-state index in [1.165, 1.54) is 6.07 Å². The van der Waals surface area contributed by atoms with E-state index in [4.69, 9.17) is 0 Å². The van der Waals surface area contributed by atoms with Crippen molar-refractivity contribution in [1.82, 2.24) is 5.32 Å². The van der Waals surface area contributed by atoms with Gasteiger partial charge in [-0.05, 0) is 18.6 Å². The Morgan fingerprint density at radius 1 is 1.47 bits per heavy atom. The third-order valence-electron chi connectivity index (χ3n) is 2.09. The van der Waals surface area contributed by atoms with Crippen LogP contribution in [-0.4, -0.2) is 11.5 Å². The van der Waals surface area contributed by atoms with Crippen molar-refractivity contribution < 1.29 is 4.92 Å². The van der Waals surface area contributed by atoms with Crippen LogP contribution in [0.4, 0.5) is 5.69 Å². The number of hydrogen-bond donors (Lipinski definition) is 1. The Balaban J connectivity index is 2.57. The average Bonchev–Trinajstić information content (AvgIpc) is 2.28. The molecule has 90 valence electrons. The van der Waals surface area contributed by atoms with Crippen LogP contribution in [0.15, 0.2) is 22.7 Å². The number of nitro groups is 1. The predicted molar refractivity (Wildman–Crippen MR) is 70.6 cm³/mol. The summed E-state index contributed by atoms with van der Waals surface area (Å²) in [5, 5.41) is 13.9. The fourth-order valence-electron chi connectivity index (χ4n) is 1.35. The van der Waals surface area contributed by atoms with Gasteiger partial charge in [0.1, 0.15) is 0 Å². The Kier molecular flexibility index (Phi) is 5.67. The molecule has 0 saturated heterocycles. The summed E-state index contributed by atoms with van der Waals surface area (Å²) in [5.74, 6) is 5.76. The maximum Gasteiger partial charge on any atom is 0.270 e. The summed E-state index contributed by atoms with van der Waals surface area (Å²) < 4.78 is 0.719. The summed E-state index contributed by atoms with van der Waals surface area (Å²) in [6.07, 6.45) is 0.784. The lowest BCUT2D eigenvalue weighted by Crippen LogP contribution is -2.14. The van der Waals surface area contributed by atoms with Gasteiger partial charge in [-0.3, -0.25) is 10.1 Å². The Morgan fingerprint density at radius 2 is 2.24 bits per heavy atom. The topological polar surface area (TPSA) is 55.2 Å². The summed E-state index contributed by atoms with van der Waals surface area (Å²) in [5.41, 5.74) is 0.986. The number of nitrogens with one attached hydrogen (secondary N) is 1. The second-order valence-electron chi connectivity index (χ2n) is 3.43. The van der Waals surface area contributed by atoms with E-state index in [0.29, 0.717) is 6.54 Å². The number of halogens is 1. The van der Waals surface area contributed by atoms with E-state index >= 15 is 0 Å². The van der Waals surface area contributed by atoms with Crippen molar-refractivity contribution in [3.63, 3.8) is 0 Å². The van der Waals surface area contributed by atoms with E-state index in [-0.39, 0.29) is 5.69 Å². The smallest absolute Gasteiger partial charge is 0.270 e. The van der Waals surface area contributed by atoms with Gasteiger partial charge >= 0.3 is 0 Å². The van der Waals surface area contributed by atoms with E-state index in [2.05, 4.69) is 33.1 Å². The lowest BCUT2D eigenvalue weighted by atomic mass is 10.2. The highest BCUT2D eigenvalue weighted by Gasteiger charge is 2.08. The van der Waals surface area contributed by atoms with Crippen molar-refractivity contribution in [2.75, 3.05) is 6.54 Å². The number of non-ortho nitro benzene ring substituents is 1. The standard InChI is InChI=1S/C12H13BrN2O2/c1-2-3-4-5-14-9-10-6-11(13)8-12(7-10)15(16)17/h6-8,14H,4-5,9H2,1H3. The van der Waals surface area contributed by atoms with Crippen molar-refractivity contribution in [3.05, 3.63) is 38.3 Å². The molecular weight excluding hydrogens is 284 g/mol. The summed E-state index contributed by atoms with van der Waals surface area (Å²) in [4.78, 5) is 10.3. The summed E-state index contributed by atoms with van der Waals surface area (Å²) >= 11 is 3.26. The highest BCUT2D eigenvalue weighted by molar-refractivity contribution is 9.10. The van der Waals surface area contributed by atoms with Gasteiger partial charge in [0.2, 0.25) is 0 Å². The third kappa shape index (κ3) is 4.98. The summed E-state index contributed by atoms with van der Waals surface area (Å²) in [6, 6.07) is 4.93. The molecule has 0 unspecified atom stereocenters. The Bertz CT molecular complexity index is 463. The zero-order chi connectivity index (χ0) is 12.7. The van der Waals surface area contributed by atoms with Crippen LogP contribution in [-0.2, 0) is 6.54 Å². The van der Waals surface area contributed by atoms with E-state index in [1.807, 2.05) is 6.07 Å². The van der Waals surface area contributed by atoms with Gasteiger partial charge in [-0.25, -0.2) is 0 Å². The fraction of sp³-hybridized carbons (Fsp3) is 0.333. The number of benzene rings is 1. The molecule has 0 aliphatic rings. The van der Waals surface area contributed by atoms with E-state index < -0.39 is 4.92 Å². The van der Waals surface area contributed by atoms with Gasteiger partial charge in [0.05, 0.1) is 4.92 Å². The van der Waals surface area contributed by atoms with Crippen molar-refractivity contribution in [2.24, 2.45) is 0 Å². The molecule has 17 heavy (non-hydrogen) atoms. The van der Waals surface area contributed by atoms with Crippen LogP contribution in [0, 0.1) is 22.0 Å². The monoisotopic (exact) mass is 296 g/mol. The van der Waals surface area contributed by atoms with Crippen LogP contribution >= 0.6 is 15.9 Å². The molecule has 0 amide bonds. The van der Waals surface area contributed by atoms with E-state index in [9.17, 15) is 10.1 Å². The molecule has 1 N–H and O–H groups in total. The molecule has 0 bridgehead atoms. The first-order valence-electron chi connectivity index (χ1n) is 5.17. The quantitative estimate of drug-likeness (QED) is 0.393. The lowest BCUT2D eigenvalue weighted by molar-refractivity contribution is -0.385. The zero-order valence-corrected chi connectivity index (χ0v) is 11.1. The molecule has 0 aromatic heterocycles. The van der Waals surface area contributed by atoms with Crippen LogP contribution in [0.1, 0.15) is 18.9 Å². The first-order valence-corrected chi connectivity index (χ1v) is 5.97. The highest BCUT2D eigenvalue weighted by Crippen LogP contribution is 2.21. The predicted octanol–water partition coefficient (Wildman–Crippen LogP) is 2.86. The molecule has 1 aromatic rings. The molecule has 0 atom stereocenters. The van der Waals surface area contributed by atoms with Crippen LogP contribution in [0.2, 0.25) is 0 Å². The van der Waals surface area contributed by atoms with Crippen LogP contribution in [0.25, 0.3) is 0 Å². The van der Waals surface area contributed by atoms with Crippen molar-refractivity contribution in [1.29, 1.82) is 0 Å². The minimum Gasteiger partial charge on any atom is -0.312 e. The van der Waals surface area contributed by atoms with Gasteiger partial charge in [0, 0.05) is 36.1 Å². The second-order valence-corrected chi connectivity index (χ2v) is 4.34. The van der Waals surface area contributed by atoms with Crippen molar-refractivity contribution in [3.8, 4) is 11.8 Å². The molecule has 0 spiro atoms. The normalized spacial score (nSPS) is 9.53. The number of hydrogen-bond acceptors (Lipinski definition) is 3. The maximum atomic E-state index is 10.7. The first-order chi connectivity index (χ1) is 8.13. The summed E-state index contributed by atoms with van der Waals surface area (Å²) in [7, 11) is 0. The largest absolute Gasteiger partial charge is 0.312 e. The van der Waals surface area contributed by atoms with Gasteiger partial charge in [-0.15, -0.1) is 11.8 Å². The van der Waals surface area contributed by atoms with Crippen LogP contribution < -0.4 is 5.32 Å². The van der Waals surface area contributed by atoms with Gasteiger partial charge < -0.3 is 5.32 Å². The minimum atomic E-state index is -0.392. The molecule has 0 radical (unpaired) electrons. The molecule has 1 rings (SSSR count). The third-order valence-corrected chi connectivity index (χ3v) is 2.54. The Hall–Kier alpha value is -1.38. The maximum absolute atomic E-state index is 10.7. The molecule has 0 aliphatic carbocycles.